The Bertz CT molecular complexity index is 422. The lowest BCUT2D eigenvalue weighted by atomic mass is 10.1. The van der Waals surface area contributed by atoms with Crippen LogP contribution in [0.25, 0.3) is 0 Å². The summed E-state index contributed by atoms with van der Waals surface area (Å²) in [5.74, 6) is 1.45. The van der Waals surface area contributed by atoms with Crippen LogP contribution in [0.15, 0.2) is 24.3 Å². The van der Waals surface area contributed by atoms with Gasteiger partial charge in [-0.15, -0.1) is 0 Å². The van der Waals surface area contributed by atoms with Gasteiger partial charge in [0, 0.05) is 24.6 Å². The van der Waals surface area contributed by atoms with Gasteiger partial charge in [-0.25, -0.2) is 0 Å². The number of thioether (sulfide) groups is 1. The molecule has 1 aromatic carbocycles. The Morgan fingerprint density at radius 3 is 2.61 bits per heavy atom. The Labute approximate surface area is 108 Å². The Balaban J connectivity index is 2.18. The summed E-state index contributed by atoms with van der Waals surface area (Å²) in [5.41, 5.74) is 0.199. The number of carbonyl (C=O) groups excluding carboxylic acids is 1. The number of para-hydroxylation sites is 1. The fourth-order valence-corrected chi connectivity index (χ4v) is 2.68. The lowest BCUT2D eigenvalue weighted by Crippen LogP contribution is -2.38. The second-order valence-electron chi connectivity index (χ2n) is 3.78. The standard InChI is InChI=1S/C12H13F2NO2S/c13-12(14)17-10-4-2-1-3-9(10)11(16)15-5-7-18-8-6-15/h1-4,12H,5-8H2. The van der Waals surface area contributed by atoms with Gasteiger partial charge in [0.05, 0.1) is 5.56 Å². The highest BCUT2D eigenvalue weighted by Crippen LogP contribution is 2.23. The number of nitrogens with zero attached hydrogens (tertiary/aromatic N) is 1. The summed E-state index contributed by atoms with van der Waals surface area (Å²) in [7, 11) is 0. The molecule has 1 aliphatic rings. The molecule has 0 bridgehead atoms. The monoisotopic (exact) mass is 273 g/mol. The van der Waals surface area contributed by atoms with E-state index in [0.717, 1.165) is 11.5 Å². The molecule has 0 atom stereocenters. The van der Waals surface area contributed by atoms with E-state index < -0.39 is 6.61 Å². The zero-order valence-electron chi connectivity index (χ0n) is 9.64. The van der Waals surface area contributed by atoms with E-state index in [0.29, 0.717) is 13.1 Å². The summed E-state index contributed by atoms with van der Waals surface area (Å²) in [6, 6.07) is 6.12. The molecule has 1 amide bonds. The fourth-order valence-electron chi connectivity index (χ4n) is 1.78. The number of hydrogen-bond donors (Lipinski definition) is 0. The molecule has 0 radical (unpaired) electrons. The van der Waals surface area contributed by atoms with E-state index in [4.69, 9.17) is 0 Å². The summed E-state index contributed by atoms with van der Waals surface area (Å²) in [5, 5.41) is 0. The molecule has 0 saturated carbocycles. The normalized spacial score (nSPS) is 15.8. The predicted molar refractivity (Wildman–Crippen MR) is 66.3 cm³/mol. The highest BCUT2D eigenvalue weighted by atomic mass is 32.2. The van der Waals surface area contributed by atoms with Crippen LogP contribution < -0.4 is 4.74 Å². The molecule has 1 saturated heterocycles. The zero-order valence-corrected chi connectivity index (χ0v) is 10.5. The summed E-state index contributed by atoms with van der Waals surface area (Å²) in [6.45, 7) is -1.63. The molecule has 2 rings (SSSR count). The second kappa shape index (κ2) is 6.04. The lowest BCUT2D eigenvalue weighted by molar-refractivity contribution is -0.0502. The number of halogens is 2. The van der Waals surface area contributed by atoms with Crippen LogP contribution in [-0.4, -0.2) is 42.0 Å². The van der Waals surface area contributed by atoms with Gasteiger partial charge in [0.2, 0.25) is 0 Å². The van der Waals surface area contributed by atoms with Gasteiger partial charge < -0.3 is 9.64 Å². The van der Waals surface area contributed by atoms with Gasteiger partial charge >= 0.3 is 6.61 Å². The lowest BCUT2D eigenvalue weighted by Gasteiger charge is -2.27. The SMILES string of the molecule is O=C(c1ccccc1OC(F)F)N1CCSCC1. The Morgan fingerprint density at radius 2 is 1.94 bits per heavy atom. The van der Waals surface area contributed by atoms with Gasteiger partial charge in [-0.3, -0.25) is 4.79 Å². The first-order chi connectivity index (χ1) is 8.68. The highest BCUT2D eigenvalue weighted by molar-refractivity contribution is 7.99. The molecule has 0 spiro atoms. The topological polar surface area (TPSA) is 29.5 Å². The van der Waals surface area contributed by atoms with Crippen LogP contribution in [0.4, 0.5) is 8.78 Å². The van der Waals surface area contributed by atoms with Crippen molar-refractivity contribution in [1.82, 2.24) is 4.90 Å². The first-order valence-electron chi connectivity index (χ1n) is 5.59. The molecule has 1 aromatic rings. The van der Waals surface area contributed by atoms with Crippen molar-refractivity contribution in [2.75, 3.05) is 24.6 Å². The average Bonchev–Trinajstić information content (AvgIpc) is 2.39. The molecule has 0 N–H and O–H groups in total. The van der Waals surface area contributed by atoms with E-state index >= 15 is 0 Å². The van der Waals surface area contributed by atoms with Crippen molar-refractivity contribution in [3.63, 3.8) is 0 Å². The molecule has 3 nitrogen and oxygen atoms in total. The van der Waals surface area contributed by atoms with E-state index in [1.54, 1.807) is 28.8 Å². The smallest absolute Gasteiger partial charge is 0.387 e. The number of benzene rings is 1. The van der Waals surface area contributed by atoms with Crippen LogP contribution in [0.1, 0.15) is 10.4 Å². The van der Waals surface area contributed by atoms with E-state index in [2.05, 4.69) is 4.74 Å². The largest absolute Gasteiger partial charge is 0.434 e. The molecule has 98 valence electrons. The van der Waals surface area contributed by atoms with Gasteiger partial charge in [0.25, 0.3) is 5.91 Å². The highest BCUT2D eigenvalue weighted by Gasteiger charge is 2.22. The average molecular weight is 273 g/mol. The van der Waals surface area contributed by atoms with Crippen LogP contribution in [0.5, 0.6) is 5.75 Å². The van der Waals surface area contributed by atoms with Crippen molar-refractivity contribution < 1.29 is 18.3 Å². The van der Waals surface area contributed by atoms with Crippen LogP contribution >= 0.6 is 11.8 Å². The third-order valence-corrected chi connectivity index (χ3v) is 3.57. The Hall–Kier alpha value is -1.30. The van der Waals surface area contributed by atoms with Crippen molar-refractivity contribution in [1.29, 1.82) is 0 Å². The van der Waals surface area contributed by atoms with E-state index in [1.165, 1.54) is 12.1 Å². The van der Waals surface area contributed by atoms with E-state index in [1.807, 2.05) is 0 Å². The number of rotatable bonds is 3. The molecule has 1 aliphatic heterocycles. The van der Waals surface area contributed by atoms with Gasteiger partial charge in [-0.2, -0.15) is 20.5 Å². The van der Waals surface area contributed by atoms with Gasteiger partial charge in [0.1, 0.15) is 5.75 Å². The molecule has 6 heteroatoms. The minimum absolute atomic E-state index is 0.0595. The maximum absolute atomic E-state index is 12.3. The van der Waals surface area contributed by atoms with Crippen LogP contribution in [0.3, 0.4) is 0 Å². The maximum Gasteiger partial charge on any atom is 0.387 e. The number of amides is 1. The quantitative estimate of drug-likeness (QED) is 0.847. The first kappa shape index (κ1) is 13.1. The van der Waals surface area contributed by atoms with Crippen molar-refractivity contribution in [3.8, 4) is 5.75 Å². The second-order valence-corrected chi connectivity index (χ2v) is 5.00. The van der Waals surface area contributed by atoms with Crippen LogP contribution in [0, 0.1) is 0 Å². The van der Waals surface area contributed by atoms with Gasteiger partial charge in [0.15, 0.2) is 0 Å². The predicted octanol–water partition coefficient (Wildman–Crippen LogP) is 2.48. The first-order valence-corrected chi connectivity index (χ1v) is 6.75. The van der Waals surface area contributed by atoms with Crippen molar-refractivity contribution in [2.24, 2.45) is 0 Å². The molecule has 0 aliphatic carbocycles. The number of carbonyl (C=O) groups is 1. The van der Waals surface area contributed by atoms with Crippen molar-refractivity contribution in [2.45, 2.75) is 6.61 Å². The molecule has 1 fully saturated rings. The molecular formula is C12H13F2NO2S. The summed E-state index contributed by atoms with van der Waals surface area (Å²) >= 11 is 1.78. The Kier molecular flexibility index (Phi) is 4.41. The zero-order chi connectivity index (χ0) is 13.0. The van der Waals surface area contributed by atoms with Crippen molar-refractivity contribution in [3.05, 3.63) is 29.8 Å². The minimum Gasteiger partial charge on any atom is -0.434 e. The number of hydrogen-bond acceptors (Lipinski definition) is 3. The molecule has 0 unspecified atom stereocenters. The number of alkyl halides is 2. The van der Waals surface area contributed by atoms with E-state index in [-0.39, 0.29) is 17.2 Å². The van der Waals surface area contributed by atoms with Crippen LogP contribution in [0.2, 0.25) is 0 Å². The molecule has 18 heavy (non-hydrogen) atoms. The maximum atomic E-state index is 12.3. The fraction of sp³-hybridized carbons (Fsp3) is 0.417. The third kappa shape index (κ3) is 3.13. The van der Waals surface area contributed by atoms with E-state index in [9.17, 15) is 13.6 Å². The minimum atomic E-state index is -2.92. The van der Waals surface area contributed by atoms with Crippen molar-refractivity contribution >= 4 is 17.7 Å². The summed E-state index contributed by atoms with van der Waals surface area (Å²) < 4.78 is 28.9. The van der Waals surface area contributed by atoms with Gasteiger partial charge in [-0.05, 0) is 12.1 Å². The molecular weight excluding hydrogens is 260 g/mol. The van der Waals surface area contributed by atoms with Crippen LogP contribution in [-0.2, 0) is 0 Å². The third-order valence-electron chi connectivity index (χ3n) is 2.63. The molecule has 1 heterocycles. The summed E-state index contributed by atoms with van der Waals surface area (Å²) in [6.07, 6.45) is 0. The molecule has 0 aromatic heterocycles. The Morgan fingerprint density at radius 1 is 1.28 bits per heavy atom. The summed E-state index contributed by atoms with van der Waals surface area (Å²) in [4.78, 5) is 13.9. The number of ether oxygens (including phenoxy) is 1. The van der Waals surface area contributed by atoms with Gasteiger partial charge in [-0.1, -0.05) is 12.1 Å².